The highest BCUT2D eigenvalue weighted by atomic mass is 16.8. The first-order valence-corrected chi connectivity index (χ1v) is 5.81. The number of carbonyl (C=O) groups excluding carboxylic acids is 1. The Morgan fingerprint density at radius 2 is 2.25 bits per heavy atom. The Labute approximate surface area is 95.0 Å². The smallest absolute Gasteiger partial charge is 0.305 e. The number of rotatable bonds is 1. The molecule has 1 heterocycles. The van der Waals surface area contributed by atoms with Crippen molar-refractivity contribution in [2.45, 2.75) is 39.9 Å². The maximum atomic E-state index is 11.2. The van der Waals surface area contributed by atoms with Gasteiger partial charge in [-0.25, -0.2) is 0 Å². The van der Waals surface area contributed by atoms with Gasteiger partial charge in [-0.1, -0.05) is 19.0 Å². The Morgan fingerprint density at radius 3 is 2.88 bits per heavy atom. The molecule has 4 atom stereocenters. The van der Waals surface area contributed by atoms with Gasteiger partial charge in [-0.15, -0.1) is 0 Å². The number of nitrogens with zero attached hydrogens (tertiary/aromatic N) is 1. The Balaban J connectivity index is 1.92. The lowest BCUT2D eigenvalue weighted by molar-refractivity contribution is -0.234. The number of hydrogen-bond donors (Lipinski definition) is 0. The molecule has 88 valence electrons. The fourth-order valence-electron chi connectivity index (χ4n) is 3.79. The Kier molecular flexibility index (Phi) is 1.65. The van der Waals surface area contributed by atoms with E-state index in [0.717, 1.165) is 12.1 Å². The first-order valence-electron chi connectivity index (χ1n) is 5.81. The molecule has 2 saturated carbocycles. The van der Waals surface area contributed by atoms with Gasteiger partial charge in [0.2, 0.25) is 0 Å². The Bertz CT molecular complexity index is 401. The van der Waals surface area contributed by atoms with Crippen molar-refractivity contribution < 1.29 is 14.4 Å². The van der Waals surface area contributed by atoms with Gasteiger partial charge >= 0.3 is 5.97 Å². The first kappa shape index (κ1) is 10.1. The highest BCUT2D eigenvalue weighted by Gasteiger charge is 2.77. The number of hydrogen-bond acceptors (Lipinski definition) is 4. The van der Waals surface area contributed by atoms with E-state index in [1.807, 2.05) is 6.92 Å². The van der Waals surface area contributed by atoms with Crippen LogP contribution < -0.4 is 0 Å². The van der Waals surface area contributed by atoms with Crippen LogP contribution >= 0.6 is 0 Å². The summed E-state index contributed by atoms with van der Waals surface area (Å²) in [5.74, 6) is 0.256. The van der Waals surface area contributed by atoms with Crippen molar-refractivity contribution in [3.63, 3.8) is 0 Å². The SMILES string of the molecule is CC(=O)O[C@]12C[C@@H]3[C@H]([C@H]1C(C)=NO2)C3(C)C. The Morgan fingerprint density at radius 1 is 1.56 bits per heavy atom. The van der Waals surface area contributed by atoms with E-state index < -0.39 is 5.79 Å². The van der Waals surface area contributed by atoms with Crippen LogP contribution in [0.5, 0.6) is 0 Å². The van der Waals surface area contributed by atoms with Crippen LogP contribution in [0.25, 0.3) is 0 Å². The van der Waals surface area contributed by atoms with Gasteiger partial charge < -0.3 is 9.57 Å². The van der Waals surface area contributed by atoms with Gasteiger partial charge in [0.1, 0.15) is 0 Å². The van der Waals surface area contributed by atoms with Crippen LogP contribution in [0.15, 0.2) is 5.16 Å². The molecular weight excluding hydrogens is 206 g/mol. The van der Waals surface area contributed by atoms with Crippen molar-refractivity contribution in [2.75, 3.05) is 0 Å². The summed E-state index contributed by atoms with van der Waals surface area (Å²) in [4.78, 5) is 16.6. The third-order valence-corrected chi connectivity index (χ3v) is 4.59. The molecule has 3 aliphatic rings. The first-order chi connectivity index (χ1) is 7.38. The van der Waals surface area contributed by atoms with Crippen molar-refractivity contribution in [3.05, 3.63) is 0 Å². The molecule has 0 aromatic heterocycles. The van der Waals surface area contributed by atoms with Gasteiger partial charge in [0.05, 0.1) is 11.6 Å². The zero-order valence-corrected chi connectivity index (χ0v) is 10.1. The third-order valence-electron chi connectivity index (χ3n) is 4.59. The van der Waals surface area contributed by atoms with E-state index in [-0.39, 0.29) is 11.9 Å². The quantitative estimate of drug-likeness (QED) is 0.638. The molecule has 4 heteroatoms. The molecule has 0 spiro atoms. The van der Waals surface area contributed by atoms with E-state index in [1.54, 1.807) is 0 Å². The largest absolute Gasteiger partial charge is 0.420 e. The molecule has 0 unspecified atom stereocenters. The molecule has 1 aliphatic heterocycles. The van der Waals surface area contributed by atoms with Gasteiger partial charge in [-0.2, -0.15) is 0 Å². The maximum Gasteiger partial charge on any atom is 0.305 e. The van der Waals surface area contributed by atoms with Crippen LogP contribution in [0.3, 0.4) is 0 Å². The summed E-state index contributed by atoms with van der Waals surface area (Å²) < 4.78 is 5.41. The van der Waals surface area contributed by atoms with Crippen LogP contribution in [0.1, 0.15) is 34.1 Å². The second-order valence-corrected chi connectivity index (χ2v) is 5.86. The van der Waals surface area contributed by atoms with Crippen molar-refractivity contribution in [1.82, 2.24) is 0 Å². The lowest BCUT2D eigenvalue weighted by Crippen LogP contribution is -2.42. The highest BCUT2D eigenvalue weighted by molar-refractivity contribution is 5.88. The zero-order valence-electron chi connectivity index (χ0n) is 10.1. The molecule has 2 fully saturated rings. The summed E-state index contributed by atoms with van der Waals surface area (Å²) in [6, 6.07) is 0. The molecule has 0 aromatic rings. The van der Waals surface area contributed by atoms with Crippen molar-refractivity contribution in [3.8, 4) is 0 Å². The summed E-state index contributed by atoms with van der Waals surface area (Å²) in [6.07, 6.45) is 0.787. The third kappa shape index (κ3) is 1.00. The van der Waals surface area contributed by atoms with E-state index >= 15 is 0 Å². The summed E-state index contributed by atoms with van der Waals surface area (Å²) in [5, 5.41) is 4.03. The Hall–Kier alpha value is -1.06. The highest BCUT2D eigenvalue weighted by Crippen LogP contribution is 2.73. The van der Waals surface area contributed by atoms with Gasteiger partial charge in [0.15, 0.2) is 0 Å². The monoisotopic (exact) mass is 223 g/mol. The molecule has 4 nitrogen and oxygen atoms in total. The van der Waals surface area contributed by atoms with Crippen LogP contribution in [0, 0.1) is 23.2 Å². The molecule has 16 heavy (non-hydrogen) atoms. The topological polar surface area (TPSA) is 47.9 Å². The second kappa shape index (κ2) is 2.60. The predicted molar refractivity (Wildman–Crippen MR) is 57.6 cm³/mol. The van der Waals surface area contributed by atoms with Crippen LogP contribution in [0.2, 0.25) is 0 Å². The standard InChI is InChI=1S/C12H17NO3/c1-6-9-10-8(11(10,3)4)5-12(9,16-13-6)15-7(2)14/h8-10H,5H2,1-4H3/t8-,9-,10-,12+/m1/s1. The molecular formula is C12H17NO3. The lowest BCUT2D eigenvalue weighted by Gasteiger charge is -2.30. The fraction of sp³-hybridized carbons (Fsp3) is 0.833. The lowest BCUT2D eigenvalue weighted by atomic mass is 9.86. The van der Waals surface area contributed by atoms with Gasteiger partial charge in [0.25, 0.3) is 5.79 Å². The van der Waals surface area contributed by atoms with Crippen LogP contribution in [0.4, 0.5) is 0 Å². The van der Waals surface area contributed by atoms with E-state index in [4.69, 9.17) is 9.57 Å². The number of oxime groups is 1. The molecule has 3 rings (SSSR count). The summed E-state index contributed by atoms with van der Waals surface area (Å²) >= 11 is 0. The summed E-state index contributed by atoms with van der Waals surface area (Å²) in [6.45, 7) is 7.93. The number of ether oxygens (including phenoxy) is 1. The van der Waals surface area contributed by atoms with Crippen molar-refractivity contribution in [2.24, 2.45) is 28.3 Å². The molecule has 0 amide bonds. The maximum absolute atomic E-state index is 11.2. The van der Waals surface area contributed by atoms with Gasteiger partial charge in [0, 0.05) is 13.3 Å². The summed E-state index contributed by atoms with van der Waals surface area (Å²) in [5.41, 5.74) is 1.32. The van der Waals surface area contributed by atoms with E-state index in [0.29, 0.717) is 17.3 Å². The minimum Gasteiger partial charge on any atom is -0.420 e. The van der Waals surface area contributed by atoms with Crippen molar-refractivity contribution >= 4 is 11.7 Å². The predicted octanol–water partition coefficient (Wildman–Crippen LogP) is 1.94. The zero-order chi connectivity index (χ0) is 11.7. The number of carbonyl (C=O) groups is 1. The normalized spacial score (nSPS) is 46.5. The average molecular weight is 223 g/mol. The minimum atomic E-state index is -0.777. The molecule has 0 aromatic carbocycles. The number of esters is 1. The van der Waals surface area contributed by atoms with E-state index in [9.17, 15) is 4.79 Å². The van der Waals surface area contributed by atoms with Crippen molar-refractivity contribution in [1.29, 1.82) is 0 Å². The van der Waals surface area contributed by atoms with Crippen LogP contribution in [-0.2, 0) is 14.4 Å². The molecule has 2 aliphatic carbocycles. The molecule has 0 radical (unpaired) electrons. The minimum absolute atomic E-state index is 0.163. The second-order valence-electron chi connectivity index (χ2n) is 5.86. The number of fused-ring (bicyclic) bond motifs is 3. The fourth-order valence-corrected chi connectivity index (χ4v) is 3.79. The molecule has 0 bridgehead atoms. The van der Waals surface area contributed by atoms with E-state index in [1.165, 1.54) is 6.92 Å². The summed E-state index contributed by atoms with van der Waals surface area (Å²) in [7, 11) is 0. The average Bonchev–Trinajstić information content (AvgIpc) is 2.50. The van der Waals surface area contributed by atoms with Gasteiger partial charge in [-0.3, -0.25) is 4.79 Å². The van der Waals surface area contributed by atoms with Crippen LogP contribution in [-0.4, -0.2) is 17.5 Å². The van der Waals surface area contributed by atoms with Gasteiger partial charge in [-0.05, 0) is 24.2 Å². The van der Waals surface area contributed by atoms with E-state index in [2.05, 4.69) is 19.0 Å². The molecule has 0 saturated heterocycles. The molecule has 0 N–H and O–H groups in total.